The molecule has 2 atom stereocenters. The first kappa shape index (κ1) is 16.9. The SMILES string of the molecule is CCC1(C)CC(OC(C)(C)C(C)C)CC(C)(C)N1O. The van der Waals surface area contributed by atoms with Crippen LogP contribution >= 0.6 is 0 Å². The third-order valence-electron chi connectivity index (χ3n) is 5.10. The van der Waals surface area contributed by atoms with Gasteiger partial charge in [-0.25, -0.2) is 0 Å². The van der Waals surface area contributed by atoms with Gasteiger partial charge in [0.05, 0.1) is 11.7 Å². The van der Waals surface area contributed by atoms with E-state index in [0.717, 1.165) is 19.3 Å². The number of ether oxygens (including phenoxy) is 1. The molecule has 1 rings (SSSR count). The van der Waals surface area contributed by atoms with Crippen LogP contribution in [0.2, 0.25) is 0 Å². The van der Waals surface area contributed by atoms with Crippen LogP contribution in [0.15, 0.2) is 0 Å². The van der Waals surface area contributed by atoms with Crippen molar-refractivity contribution in [3.8, 4) is 0 Å². The topological polar surface area (TPSA) is 32.7 Å². The van der Waals surface area contributed by atoms with E-state index in [1.54, 1.807) is 5.06 Å². The minimum absolute atomic E-state index is 0.118. The van der Waals surface area contributed by atoms with Gasteiger partial charge in [-0.1, -0.05) is 20.8 Å². The summed E-state index contributed by atoms with van der Waals surface area (Å²) in [5.74, 6) is 0.482. The van der Waals surface area contributed by atoms with Crippen molar-refractivity contribution in [3.05, 3.63) is 0 Å². The van der Waals surface area contributed by atoms with E-state index in [-0.39, 0.29) is 22.8 Å². The zero-order valence-electron chi connectivity index (χ0n) is 14.1. The molecule has 19 heavy (non-hydrogen) atoms. The molecule has 0 aromatic heterocycles. The third-order valence-corrected chi connectivity index (χ3v) is 5.10. The van der Waals surface area contributed by atoms with Crippen molar-refractivity contribution in [3.63, 3.8) is 0 Å². The van der Waals surface area contributed by atoms with Crippen LogP contribution in [0.1, 0.15) is 74.7 Å². The molecule has 0 radical (unpaired) electrons. The highest BCUT2D eigenvalue weighted by Gasteiger charge is 2.48. The van der Waals surface area contributed by atoms with Crippen LogP contribution in [0.3, 0.4) is 0 Å². The maximum atomic E-state index is 10.5. The molecule has 0 aromatic rings. The Kier molecular flexibility index (Phi) is 4.76. The molecule has 0 bridgehead atoms. The van der Waals surface area contributed by atoms with Gasteiger partial charge in [0.1, 0.15) is 0 Å². The van der Waals surface area contributed by atoms with Gasteiger partial charge in [-0.3, -0.25) is 0 Å². The molecule has 3 heteroatoms. The van der Waals surface area contributed by atoms with Gasteiger partial charge in [-0.15, -0.1) is 0 Å². The van der Waals surface area contributed by atoms with Crippen molar-refractivity contribution in [2.75, 3.05) is 0 Å². The van der Waals surface area contributed by atoms with Crippen molar-refractivity contribution in [2.45, 2.75) is 97.4 Å². The van der Waals surface area contributed by atoms with Crippen LogP contribution in [0.25, 0.3) is 0 Å². The molecule has 0 aliphatic carbocycles. The normalized spacial score (nSPS) is 32.8. The highest BCUT2D eigenvalue weighted by Crippen LogP contribution is 2.41. The molecular weight excluding hydrogens is 238 g/mol. The molecule has 1 heterocycles. The second kappa shape index (κ2) is 5.34. The minimum Gasteiger partial charge on any atom is -0.372 e. The van der Waals surface area contributed by atoms with Crippen molar-refractivity contribution < 1.29 is 9.94 Å². The predicted octanol–water partition coefficient (Wildman–Crippen LogP) is 4.24. The molecule has 114 valence electrons. The van der Waals surface area contributed by atoms with Crippen LogP contribution in [0, 0.1) is 5.92 Å². The summed E-state index contributed by atoms with van der Waals surface area (Å²) in [5.41, 5.74) is -0.548. The first-order valence-electron chi connectivity index (χ1n) is 7.61. The van der Waals surface area contributed by atoms with E-state index >= 15 is 0 Å². The maximum Gasteiger partial charge on any atom is 0.0653 e. The molecule has 1 aliphatic heterocycles. The molecule has 1 aliphatic rings. The number of piperidine rings is 1. The van der Waals surface area contributed by atoms with Gasteiger partial charge in [0.15, 0.2) is 0 Å². The largest absolute Gasteiger partial charge is 0.372 e. The van der Waals surface area contributed by atoms with E-state index in [0.29, 0.717) is 5.92 Å². The summed E-state index contributed by atoms with van der Waals surface area (Å²) in [5, 5.41) is 12.0. The first-order valence-corrected chi connectivity index (χ1v) is 7.61. The van der Waals surface area contributed by atoms with Crippen LogP contribution in [-0.2, 0) is 4.74 Å². The van der Waals surface area contributed by atoms with Gasteiger partial charge in [0.2, 0.25) is 0 Å². The lowest BCUT2D eigenvalue weighted by Gasteiger charge is -2.53. The summed E-state index contributed by atoms with van der Waals surface area (Å²) >= 11 is 0. The van der Waals surface area contributed by atoms with E-state index in [9.17, 15) is 5.21 Å². The molecule has 2 unspecified atom stereocenters. The van der Waals surface area contributed by atoms with E-state index in [4.69, 9.17) is 4.74 Å². The molecule has 1 fully saturated rings. The lowest BCUT2D eigenvalue weighted by molar-refractivity contribution is -0.276. The molecule has 0 saturated carbocycles. The molecule has 1 N–H and O–H groups in total. The average molecular weight is 271 g/mol. The Bertz CT molecular complexity index is 310. The standard InChI is InChI=1S/C16H33NO2/c1-9-16(8)11-13(10-14(4,5)17(16)18)19-15(6,7)12(2)3/h12-13,18H,9-11H2,1-8H3. The second-order valence-electron chi connectivity index (χ2n) is 7.88. The molecule has 1 saturated heterocycles. The summed E-state index contributed by atoms with van der Waals surface area (Å²) < 4.78 is 6.38. The Labute approximate surface area is 119 Å². The fourth-order valence-electron chi connectivity index (χ4n) is 2.97. The predicted molar refractivity (Wildman–Crippen MR) is 79.4 cm³/mol. The summed E-state index contributed by atoms with van der Waals surface area (Å²) in [4.78, 5) is 0. The van der Waals surface area contributed by atoms with E-state index in [2.05, 4.69) is 55.4 Å². The Hall–Kier alpha value is -0.120. The van der Waals surface area contributed by atoms with E-state index in [1.807, 2.05) is 0 Å². The van der Waals surface area contributed by atoms with Gasteiger partial charge in [0, 0.05) is 11.1 Å². The van der Waals surface area contributed by atoms with Gasteiger partial charge in [-0.05, 0) is 59.8 Å². The minimum atomic E-state index is -0.235. The van der Waals surface area contributed by atoms with Crippen molar-refractivity contribution in [1.29, 1.82) is 0 Å². The summed E-state index contributed by atoms with van der Waals surface area (Å²) in [7, 11) is 0. The van der Waals surface area contributed by atoms with E-state index in [1.165, 1.54) is 0 Å². The first-order chi connectivity index (χ1) is 8.44. The fraction of sp³-hybridized carbons (Fsp3) is 1.00. The summed E-state index contributed by atoms with van der Waals surface area (Å²) in [6.07, 6.45) is 2.89. The van der Waals surface area contributed by atoms with E-state index < -0.39 is 0 Å². The zero-order chi connectivity index (χ0) is 15.1. The molecule has 0 aromatic carbocycles. The van der Waals surface area contributed by atoms with Crippen LogP contribution in [0.4, 0.5) is 0 Å². The van der Waals surface area contributed by atoms with Crippen LogP contribution in [-0.4, -0.2) is 33.1 Å². The van der Waals surface area contributed by atoms with Crippen LogP contribution in [0.5, 0.6) is 0 Å². The number of nitrogens with zero attached hydrogens (tertiary/aromatic N) is 1. The van der Waals surface area contributed by atoms with Gasteiger partial charge in [-0.2, -0.15) is 5.06 Å². The highest BCUT2D eigenvalue weighted by molar-refractivity contribution is 4.99. The van der Waals surface area contributed by atoms with Crippen LogP contribution < -0.4 is 0 Å². The Morgan fingerprint density at radius 2 is 1.79 bits per heavy atom. The molecule has 3 nitrogen and oxygen atoms in total. The molecular formula is C16H33NO2. The number of rotatable bonds is 4. The average Bonchev–Trinajstić information content (AvgIpc) is 2.24. The lowest BCUT2D eigenvalue weighted by atomic mass is 9.77. The quantitative estimate of drug-likeness (QED) is 0.830. The van der Waals surface area contributed by atoms with Crippen molar-refractivity contribution >= 4 is 0 Å². The fourth-order valence-corrected chi connectivity index (χ4v) is 2.97. The van der Waals surface area contributed by atoms with Crippen molar-refractivity contribution in [1.82, 2.24) is 5.06 Å². The summed E-state index contributed by atoms with van der Waals surface area (Å²) in [6, 6.07) is 0. The van der Waals surface area contributed by atoms with Gasteiger partial charge in [0.25, 0.3) is 0 Å². The summed E-state index contributed by atoms with van der Waals surface area (Å²) in [6.45, 7) is 17.2. The lowest BCUT2D eigenvalue weighted by Crippen LogP contribution is -2.62. The Morgan fingerprint density at radius 1 is 1.26 bits per heavy atom. The number of hydrogen-bond acceptors (Lipinski definition) is 3. The Balaban J connectivity index is 2.88. The molecule has 0 spiro atoms. The smallest absolute Gasteiger partial charge is 0.0653 e. The number of hydrogen-bond donors (Lipinski definition) is 1. The Morgan fingerprint density at radius 3 is 2.21 bits per heavy atom. The maximum absolute atomic E-state index is 10.5. The second-order valence-corrected chi connectivity index (χ2v) is 7.88. The third kappa shape index (κ3) is 3.50. The number of hydroxylamine groups is 2. The monoisotopic (exact) mass is 271 g/mol. The molecule has 0 amide bonds. The zero-order valence-corrected chi connectivity index (χ0v) is 14.1. The van der Waals surface area contributed by atoms with Crippen molar-refractivity contribution in [2.24, 2.45) is 5.92 Å². The van der Waals surface area contributed by atoms with Gasteiger partial charge >= 0.3 is 0 Å². The highest BCUT2D eigenvalue weighted by atomic mass is 16.5. The van der Waals surface area contributed by atoms with Gasteiger partial charge < -0.3 is 9.94 Å².